The van der Waals surface area contributed by atoms with Gasteiger partial charge in [-0.25, -0.2) is 0 Å². The summed E-state index contributed by atoms with van der Waals surface area (Å²) in [5.41, 5.74) is 1.15. The van der Waals surface area contributed by atoms with Gasteiger partial charge in [0.05, 0.1) is 13.2 Å². The van der Waals surface area contributed by atoms with Crippen molar-refractivity contribution >= 4 is 33.7 Å². The lowest BCUT2D eigenvalue weighted by atomic mass is 10.2. The van der Waals surface area contributed by atoms with Crippen molar-refractivity contribution in [2.24, 2.45) is 0 Å². The maximum absolute atomic E-state index is 11.5. The number of benzene rings is 1. The van der Waals surface area contributed by atoms with Gasteiger partial charge in [-0.2, -0.15) is 0 Å². The average molecular weight is 450 g/mol. The van der Waals surface area contributed by atoms with Gasteiger partial charge in [0.15, 0.2) is 15.6 Å². The Morgan fingerprint density at radius 2 is 2.04 bits per heavy atom. The van der Waals surface area contributed by atoms with Crippen LogP contribution in [0.3, 0.4) is 0 Å². The second-order valence-corrected chi connectivity index (χ2v) is 7.58. The first-order valence-corrected chi connectivity index (χ1v) is 10.5. The Morgan fingerprint density at radius 3 is 2.74 bits per heavy atom. The van der Waals surface area contributed by atoms with E-state index in [0.717, 1.165) is 22.9 Å². The van der Waals surface area contributed by atoms with E-state index < -0.39 is 0 Å². The summed E-state index contributed by atoms with van der Waals surface area (Å²) >= 11 is 4.91. The van der Waals surface area contributed by atoms with Gasteiger partial charge in [-0.15, -0.1) is 10.2 Å². The van der Waals surface area contributed by atoms with E-state index >= 15 is 0 Å². The van der Waals surface area contributed by atoms with Crippen LogP contribution < -0.4 is 0 Å². The highest BCUT2D eigenvalue weighted by Crippen LogP contribution is 2.28. The molecule has 0 aliphatic heterocycles. The highest BCUT2D eigenvalue weighted by atomic mass is 79.9. The third-order valence-electron chi connectivity index (χ3n) is 3.76. The molecule has 0 spiro atoms. The Kier molecular flexibility index (Phi) is 7.11. The third-order valence-corrected chi connectivity index (χ3v) is 5.23. The van der Waals surface area contributed by atoms with Gasteiger partial charge >= 0.3 is 5.97 Å². The number of carbonyl (C=O) groups excluding carboxylic acids is 1. The van der Waals surface area contributed by atoms with Crippen LogP contribution in [-0.4, -0.2) is 33.1 Å². The zero-order chi connectivity index (χ0) is 19.1. The Morgan fingerprint density at radius 1 is 1.22 bits per heavy atom. The Balaban J connectivity index is 1.74. The number of thioether (sulfide) groups is 1. The van der Waals surface area contributed by atoms with Crippen LogP contribution in [0, 0.1) is 0 Å². The molecule has 0 radical (unpaired) electrons. The van der Waals surface area contributed by atoms with E-state index in [1.807, 2.05) is 41.8 Å². The lowest BCUT2D eigenvalue weighted by Gasteiger charge is -2.09. The van der Waals surface area contributed by atoms with Gasteiger partial charge in [0, 0.05) is 12.2 Å². The molecule has 0 aliphatic carbocycles. The van der Waals surface area contributed by atoms with Crippen LogP contribution >= 0.6 is 27.7 Å². The summed E-state index contributed by atoms with van der Waals surface area (Å²) in [6, 6.07) is 13.8. The van der Waals surface area contributed by atoms with Gasteiger partial charge in [-0.05, 0) is 47.0 Å². The Hall–Kier alpha value is -2.06. The second kappa shape index (κ2) is 9.75. The van der Waals surface area contributed by atoms with Crippen LogP contribution in [0.1, 0.15) is 25.3 Å². The van der Waals surface area contributed by atoms with Crippen LogP contribution in [-0.2, 0) is 16.1 Å². The minimum absolute atomic E-state index is 0.162. The number of rotatable bonds is 9. The number of nitrogens with zero attached hydrogens (tertiary/aromatic N) is 3. The number of hydrogen-bond acceptors (Lipinski definition) is 6. The third kappa shape index (κ3) is 5.46. The van der Waals surface area contributed by atoms with E-state index in [0.29, 0.717) is 35.8 Å². The predicted molar refractivity (Wildman–Crippen MR) is 108 cm³/mol. The molecule has 0 amide bonds. The van der Waals surface area contributed by atoms with E-state index in [1.54, 1.807) is 11.8 Å². The van der Waals surface area contributed by atoms with Gasteiger partial charge in [0.1, 0.15) is 0 Å². The van der Waals surface area contributed by atoms with Gasteiger partial charge in [0.2, 0.25) is 5.82 Å². The van der Waals surface area contributed by atoms with Gasteiger partial charge in [-0.3, -0.25) is 9.36 Å². The molecule has 3 aromatic rings. The molecule has 0 saturated carbocycles. The first-order valence-electron chi connectivity index (χ1n) is 8.68. The highest BCUT2D eigenvalue weighted by Gasteiger charge is 2.17. The standard InChI is InChI=1S/C19H20BrN3O3S/c1-2-25-17(24)9-6-12-27-19-22-21-18(15-10-11-16(20)26-15)23(19)13-14-7-4-3-5-8-14/h3-5,7-8,10-11H,2,6,9,12-13H2,1H3. The maximum Gasteiger partial charge on any atom is 0.305 e. The molecule has 0 unspecified atom stereocenters. The zero-order valence-corrected chi connectivity index (χ0v) is 17.3. The fourth-order valence-corrected chi connectivity index (χ4v) is 3.72. The Labute approximate surface area is 170 Å². The highest BCUT2D eigenvalue weighted by molar-refractivity contribution is 9.10. The number of furan rings is 1. The first kappa shape index (κ1) is 19.7. The summed E-state index contributed by atoms with van der Waals surface area (Å²) < 4.78 is 13.3. The van der Waals surface area contributed by atoms with Crippen LogP contribution in [0.4, 0.5) is 0 Å². The van der Waals surface area contributed by atoms with Gasteiger partial charge in [0.25, 0.3) is 0 Å². The molecule has 3 rings (SSSR count). The molecule has 6 nitrogen and oxygen atoms in total. The van der Waals surface area contributed by atoms with E-state index in [2.05, 4.69) is 38.3 Å². The summed E-state index contributed by atoms with van der Waals surface area (Å²) in [5.74, 6) is 1.93. The van der Waals surface area contributed by atoms with E-state index in [4.69, 9.17) is 9.15 Å². The van der Waals surface area contributed by atoms with Crippen molar-refractivity contribution in [1.29, 1.82) is 0 Å². The lowest BCUT2D eigenvalue weighted by molar-refractivity contribution is -0.143. The summed E-state index contributed by atoms with van der Waals surface area (Å²) in [6.07, 6.45) is 1.13. The molecule has 0 atom stereocenters. The number of carbonyl (C=O) groups is 1. The Bertz CT molecular complexity index is 879. The molecule has 142 valence electrons. The van der Waals surface area contributed by atoms with E-state index in [-0.39, 0.29) is 5.97 Å². The van der Waals surface area contributed by atoms with Crippen LogP contribution in [0.15, 0.2) is 56.7 Å². The molecule has 0 N–H and O–H groups in total. The molecule has 0 bridgehead atoms. The molecule has 8 heteroatoms. The van der Waals surface area contributed by atoms with Gasteiger partial charge < -0.3 is 9.15 Å². The second-order valence-electron chi connectivity index (χ2n) is 5.74. The fraction of sp³-hybridized carbons (Fsp3) is 0.316. The van der Waals surface area contributed by atoms with Gasteiger partial charge in [-0.1, -0.05) is 42.1 Å². The number of aromatic nitrogens is 3. The summed E-state index contributed by atoms with van der Waals surface area (Å²) in [7, 11) is 0. The van der Waals surface area contributed by atoms with Crippen molar-refractivity contribution in [3.63, 3.8) is 0 Å². The molecule has 2 aromatic heterocycles. The van der Waals surface area contributed by atoms with Crippen molar-refractivity contribution in [2.45, 2.75) is 31.5 Å². The van der Waals surface area contributed by atoms with Crippen molar-refractivity contribution < 1.29 is 13.9 Å². The molecule has 0 fully saturated rings. The number of hydrogen-bond donors (Lipinski definition) is 0. The quantitative estimate of drug-likeness (QED) is 0.265. The fourth-order valence-electron chi connectivity index (χ4n) is 2.53. The van der Waals surface area contributed by atoms with Crippen LogP contribution in [0.25, 0.3) is 11.6 Å². The summed E-state index contributed by atoms with van der Waals surface area (Å²) in [6.45, 7) is 2.87. The number of esters is 1. The largest absolute Gasteiger partial charge is 0.466 e. The molecular formula is C19H20BrN3O3S. The maximum atomic E-state index is 11.5. The van der Waals surface area contributed by atoms with Crippen molar-refractivity contribution in [3.05, 3.63) is 52.7 Å². The van der Waals surface area contributed by atoms with Crippen LogP contribution in [0.5, 0.6) is 0 Å². The predicted octanol–water partition coefficient (Wildman–Crippen LogP) is 4.78. The minimum Gasteiger partial charge on any atom is -0.466 e. The molecule has 0 saturated heterocycles. The van der Waals surface area contributed by atoms with Crippen molar-refractivity contribution in [3.8, 4) is 11.6 Å². The topological polar surface area (TPSA) is 70.2 Å². The monoisotopic (exact) mass is 449 g/mol. The molecule has 27 heavy (non-hydrogen) atoms. The first-order chi connectivity index (χ1) is 13.2. The SMILES string of the molecule is CCOC(=O)CCCSc1nnc(-c2ccc(Br)o2)n1Cc1ccccc1. The summed E-state index contributed by atoms with van der Waals surface area (Å²) in [4.78, 5) is 11.5. The van der Waals surface area contributed by atoms with Crippen molar-refractivity contribution in [2.75, 3.05) is 12.4 Å². The zero-order valence-electron chi connectivity index (χ0n) is 14.9. The van der Waals surface area contributed by atoms with E-state index in [9.17, 15) is 4.79 Å². The number of ether oxygens (including phenoxy) is 1. The smallest absolute Gasteiger partial charge is 0.305 e. The van der Waals surface area contributed by atoms with E-state index in [1.165, 1.54) is 0 Å². The lowest BCUT2D eigenvalue weighted by Crippen LogP contribution is -2.05. The average Bonchev–Trinajstić information content (AvgIpc) is 3.26. The van der Waals surface area contributed by atoms with Crippen LogP contribution in [0.2, 0.25) is 0 Å². The normalized spacial score (nSPS) is 10.9. The molecule has 2 heterocycles. The molecule has 1 aromatic carbocycles. The minimum atomic E-state index is -0.162. The van der Waals surface area contributed by atoms with Crippen molar-refractivity contribution in [1.82, 2.24) is 14.8 Å². The summed E-state index contributed by atoms with van der Waals surface area (Å²) in [5, 5.41) is 9.46. The molecule has 0 aliphatic rings. The molecular weight excluding hydrogens is 430 g/mol. The number of halogens is 1.